The second kappa shape index (κ2) is 7.39. The zero-order valence-corrected chi connectivity index (χ0v) is 14.8. The average molecular weight is 400 g/mol. The first-order valence-corrected chi connectivity index (χ1v) is 6.47. The van der Waals surface area contributed by atoms with E-state index in [0.29, 0.717) is 12.5 Å². The second-order valence-corrected chi connectivity index (χ2v) is 5.61. The number of aromatic nitrogens is 3. The van der Waals surface area contributed by atoms with Crippen molar-refractivity contribution in [3.05, 3.63) is 36.2 Å². The smallest absolute Gasteiger partial charge is 0.189 e. The summed E-state index contributed by atoms with van der Waals surface area (Å²) in [6, 6.07) is 7.97. The number of nitrogens with two attached hydrogens (primary N) is 1. The number of hydrogen-bond donors (Lipinski definition) is 3. The summed E-state index contributed by atoms with van der Waals surface area (Å²) in [5, 5.41) is 9.82. The molecule has 114 valence electrons. The van der Waals surface area contributed by atoms with Crippen molar-refractivity contribution >= 4 is 29.9 Å². The van der Waals surface area contributed by atoms with Gasteiger partial charge in [0.25, 0.3) is 0 Å². The fraction of sp³-hybridized carbons (Fsp3) is 0.357. The Morgan fingerprint density at radius 2 is 2.14 bits per heavy atom. The molecule has 1 aromatic carbocycles. The molecule has 0 aliphatic carbocycles. The number of rotatable bonds is 3. The Morgan fingerprint density at radius 3 is 2.76 bits per heavy atom. The van der Waals surface area contributed by atoms with Crippen LogP contribution in [-0.2, 0) is 6.54 Å². The number of aliphatic imine (C=N–C) groups is 1. The highest BCUT2D eigenvalue weighted by molar-refractivity contribution is 14.0. The van der Waals surface area contributed by atoms with E-state index in [1.807, 2.05) is 45.0 Å². The molecule has 0 spiro atoms. The maximum absolute atomic E-state index is 5.85. The van der Waals surface area contributed by atoms with Crippen molar-refractivity contribution in [2.24, 2.45) is 10.7 Å². The van der Waals surface area contributed by atoms with E-state index in [-0.39, 0.29) is 29.5 Å². The van der Waals surface area contributed by atoms with Crippen LogP contribution >= 0.6 is 24.0 Å². The maximum atomic E-state index is 5.85. The van der Waals surface area contributed by atoms with E-state index >= 15 is 0 Å². The lowest BCUT2D eigenvalue weighted by Gasteiger charge is -2.21. The standard InChI is InChI=1S/C14H20N6.HI/c1-14(2,3)19-13(15)16-8-10-5-4-6-11(7-10)12-17-9-18-20-12;/h4-7,9H,8H2,1-3H3,(H3,15,16,19)(H,17,18,20);1H. The Bertz CT molecular complexity index is 586. The third-order valence-electron chi connectivity index (χ3n) is 2.55. The van der Waals surface area contributed by atoms with Gasteiger partial charge in [-0.25, -0.2) is 9.98 Å². The number of halogens is 1. The molecular formula is C14H21IN6. The molecular weight excluding hydrogens is 379 g/mol. The van der Waals surface area contributed by atoms with Crippen LogP contribution in [0.1, 0.15) is 26.3 Å². The van der Waals surface area contributed by atoms with Crippen molar-refractivity contribution < 1.29 is 0 Å². The van der Waals surface area contributed by atoms with E-state index in [1.54, 1.807) is 0 Å². The van der Waals surface area contributed by atoms with Gasteiger partial charge in [0.2, 0.25) is 0 Å². The summed E-state index contributed by atoms with van der Waals surface area (Å²) >= 11 is 0. The third kappa shape index (κ3) is 5.70. The summed E-state index contributed by atoms with van der Waals surface area (Å²) in [6.07, 6.45) is 1.49. The van der Waals surface area contributed by atoms with Gasteiger partial charge in [-0.3, -0.25) is 5.10 Å². The van der Waals surface area contributed by atoms with Crippen LogP contribution in [0.2, 0.25) is 0 Å². The van der Waals surface area contributed by atoms with Crippen molar-refractivity contribution in [2.75, 3.05) is 0 Å². The predicted octanol–water partition coefficient (Wildman–Crippen LogP) is 2.29. The summed E-state index contributed by atoms with van der Waals surface area (Å²) in [4.78, 5) is 8.47. The highest BCUT2D eigenvalue weighted by Crippen LogP contribution is 2.15. The van der Waals surface area contributed by atoms with Crippen molar-refractivity contribution in [3.63, 3.8) is 0 Å². The summed E-state index contributed by atoms with van der Waals surface area (Å²) in [6.45, 7) is 6.65. The molecule has 0 unspecified atom stereocenters. The number of aromatic amines is 1. The van der Waals surface area contributed by atoms with E-state index in [9.17, 15) is 0 Å². The van der Waals surface area contributed by atoms with Gasteiger partial charge in [-0.15, -0.1) is 24.0 Å². The van der Waals surface area contributed by atoms with Gasteiger partial charge in [-0.1, -0.05) is 18.2 Å². The SMILES string of the molecule is CC(C)(C)NC(N)=NCc1cccc(-c2ncn[nH]2)c1.I. The molecule has 0 atom stereocenters. The quantitative estimate of drug-likeness (QED) is 0.419. The van der Waals surface area contributed by atoms with Gasteiger partial charge in [0.1, 0.15) is 6.33 Å². The Labute approximate surface area is 141 Å². The van der Waals surface area contributed by atoms with Gasteiger partial charge in [-0.2, -0.15) is 5.10 Å². The highest BCUT2D eigenvalue weighted by Gasteiger charge is 2.09. The molecule has 0 aliphatic heterocycles. The molecule has 0 bridgehead atoms. The lowest BCUT2D eigenvalue weighted by Crippen LogP contribution is -2.44. The predicted molar refractivity (Wildman–Crippen MR) is 95.4 cm³/mol. The van der Waals surface area contributed by atoms with Crippen molar-refractivity contribution in [2.45, 2.75) is 32.9 Å². The molecule has 4 N–H and O–H groups in total. The lowest BCUT2D eigenvalue weighted by molar-refractivity contribution is 0.508. The largest absolute Gasteiger partial charge is 0.370 e. The zero-order valence-electron chi connectivity index (χ0n) is 12.4. The summed E-state index contributed by atoms with van der Waals surface area (Å²) in [5.41, 5.74) is 7.81. The van der Waals surface area contributed by atoms with Gasteiger partial charge in [0.15, 0.2) is 11.8 Å². The van der Waals surface area contributed by atoms with E-state index in [0.717, 1.165) is 17.0 Å². The second-order valence-electron chi connectivity index (χ2n) is 5.61. The van der Waals surface area contributed by atoms with Crippen LogP contribution in [0.4, 0.5) is 0 Å². The number of hydrogen-bond acceptors (Lipinski definition) is 3. The Hall–Kier alpha value is -1.64. The summed E-state index contributed by atoms with van der Waals surface area (Å²) < 4.78 is 0. The summed E-state index contributed by atoms with van der Waals surface area (Å²) in [7, 11) is 0. The van der Waals surface area contributed by atoms with E-state index < -0.39 is 0 Å². The van der Waals surface area contributed by atoms with Crippen molar-refractivity contribution in [1.82, 2.24) is 20.5 Å². The minimum atomic E-state index is -0.0880. The molecule has 2 aromatic rings. The third-order valence-corrected chi connectivity index (χ3v) is 2.55. The van der Waals surface area contributed by atoms with Gasteiger partial charge in [-0.05, 0) is 32.4 Å². The highest BCUT2D eigenvalue weighted by atomic mass is 127. The van der Waals surface area contributed by atoms with Gasteiger partial charge < -0.3 is 11.1 Å². The number of benzene rings is 1. The van der Waals surface area contributed by atoms with Crippen LogP contribution in [0.25, 0.3) is 11.4 Å². The van der Waals surface area contributed by atoms with Crippen LogP contribution in [0.15, 0.2) is 35.6 Å². The van der Waals surface area contributed by atoms with Crippen LogP contribution in [-0.4, -0.2) is 26.7 Å². The van der Waals surface area contributed by atoms with Crippen LogP contribution in [0.3, 0.4) is 0 Å². The Morgan fingerprint density at radius 1 is 1.38 bits per heavy atom. The van der Waals surface area contributed by atoms with Gasteiger partial charge in [0.05, 0.1) is 6.54 Å². The Balaban J connectivity index is 0.00000220. The molecule has 1 aromatic heterocycles. The first-order chi connectivity index (χ1) is 9.44. The lowest BCUT2D eigenvalue weighted by atomic mass is 10.1. The zero-order chi connectivity index (χ0) is 14.6. The monoisotopic (exact) mass is 400 g/mol. The maximum Gasteiger partial charge on any atom is 0.189 e. The molecule has 0 amide bonds. The van der Waals surface area contributed by atoms with E-state index in [2.05, 4.69) is 25.5 Å². The Kier molecular flexibility index (Phi) is 6.13. The first kappa shape index (κ1) is 17.4. The average Bonchev–Trinajstić information content (AvgIpc) is 2.88. The molecule has 0 saturated heterocycles. The molecule has 0 aliphatic rings. The minimum absolute atomic E-state index is 0. The number of nitrogens with zero attached hydrogens (tertiary/aromatic N) is 3. The molecule has 6 nitrogen and oxygen atoms in total. The van der Waals surface area contributed by atoms with E-state index in [4.69, 9.17) is 5.73 Å². The molecule has 0 radical (unpaired) electrons. The number of nitrogens with one attached hydrogen (secondary N) is 2. The van der Waals surface area contributed by atoms with Crippen molar-refractivity contribution in [1.29, 1.82) is 0 Å². The van der Waals surface area contributed by atoms with Gasteiger partial charge in [0, 0.05) is 11.1 Å². The molecule has 21 heavy (non-hydrogen) atoms. The topological polar surface area (TPSA) is 92.0 Å². The van der Waals surface area contributed by atoms with Crippen LogP contribution in [0, 0.1) is 0 Å². The van der Waals surface area contributed by atoms with Crippen LogP contribution in [0.5, 0.6) is 0 Å². The van der Waals surface area contributed by atoms with Crippen molar-refractivity contribution in [3.8, 4) is 11.4 Å². The molecule has 0 saturated carbocycles. The first-order valence-electron chi connectivity index (χ1n) is 6.47. The minimum Gasteiger partial charge on any atom is -0.370 e. The van der Waals surface area contributed by atoms with E-state index in [1.165, 1.54) is 6.33 Å². The molecule has 2 rings (SSSR count). The number of H-pyrrole nitrogens is 1. The van der Waals surface area contributed by atoms with Gasteiger partial charge >= 0.3 is 0 Å². The molecule has 7 heteroatoms. The summed E-state index contributed by atoms with van der Waals surface area (Å²) in [5.74, 6) is 1.19. The normalized spacial score (nSPS) is 11.9. The van der Waals surface area contributed by atoms with Crippen LogP contribution < -0.4 is 11.1 Å². The molecule has 1 heterocycles. The fourth-order valence-corrected chi connectivity index (χ4v) is 1.76. The number of guanidine groups is 1. The fourth-order valence-electron chi connectivity index (χ4n) is 1.76. The molecule has 0 fully saturated rings.